The first-order valence-corrected chi connectivity index (χ1v) is 10.8. The molecular formula is C22H30F4N2O4. The normalized spacial score (nSPS) is 19.8. The minimum Gasteiger partial charge on any atom is -0.487 e. The molecule has 0 bridgehead atoms. The van der Waals surface area contributed by atoms with Gasteiger partial charge in [0.25, 0.3) is 0 Å². The summed E-state index contributed by atoms with van der Waals surface area (Å²) in [4.78, 5) is 23.3. The van der Waals surface area contributed by atoms with E-state index < -0.39 is 12.1 Å². The van der Waals surface area contributed by atoms with Crippen molar-refractivity contribution < 1.29 is 37.0 Å². The Labute approximate surface area is 184 Å². The second-order valence-corrected chi connectivity index (χ2v) is 8.08. The number of hydrogen-bond acceptors (Lipinski definition) is 4. The Hall–Kier alpha value is -2.36. The maximum atomic E-state index is 12.6. The molecule has 2 aliphatic rings. The number of rotatable bonds is 6. The van der Waals surface area contributed by atoms with E-state index >= 15 is 0 Å². The number of nitrogens with one attached hydrogen (secondary N) is 1. The Bertz CT molecular complexity index is 765. The molecule has 1 saturated heterocycles. The lowest BCUT2D eigenvalue weighted by atomic mass is 9.80. The third-order valence-corrected chi connectivity index (χ3v) is 5.70. The average molecular weight is 462 g/mol. The highest BCUT2D eigenvalue weighted by atomic mass is 19.4. The van der Waals surface area contributed by atoms with Gasteiger partial charge < -0.3 is 20.1 Å². The number of halogens is 4. The standard InChI is InChI=1S/C20H29FN2O2.C2HF3O2/c1-2-3-8-19(24)22-17-15-20(9-12-23(13-10-20)14-11-21)25-18-7-5-4-6-16(17)18;3-2(4,5)1(6)7/h4-7,17H,2-3,8-15H2,1H3,(H,22,24);(H,6,7). The Morgan fingerprint density at radius 3 is 2.44 bits per heavy atom. The van der Waals surface area contributed by atoms with Crippen molar-refractivity contribution in [3.8, 4) is 5.75 Å². The Morgan fingerprint density at radius 2 is 1.88 bits per heavy atom. The van der Waals surface area contributed by atoms with Gasteiger partial charge in [0.2, 0.25) is 5.91 Å². The first-order valence-electron chi connectivity index (χ1n) is 10.8. The molecule has 1 aromatic rings. The number of ether oxygens (including phenoxy) is 1. The molecule has 180 valence electrons. The maximum Gasteiger partial charge on any atom is 0.490 e. The summed E-state index contributed by atoms with van der Waals surface area (Å²) in [6.07, 6.45) is -0.0177. The van der Waals surface area contributed by atoms with Crippen molar-refractivity contribution in [1.82, 2.24) is 10.2 Å². The fourth-order valence-electron chi connectivity index (χ4n) is 3.96. The molecule has 1 atom stereocenters. The van der Waals surface area contributed by atoms with Gasteiger partial charge in [0.15, 0.2) is 0 Å². The van der Waals surface area contributed by atoms with E-state index in [1.165, 1.54) is 0 Å². The van der Waals surface area contributed by atoms with Gasteiger partial charge in [-0.25, -0.2) is 9.18 Å². The molecule has 2 aliphatic heterocycles. The fourth-order valence-corrected chi connectivity index (χ4v) is 3.96. The van der Waals surface area contributed by atoms with Crippen LogP contribution in [0.25, 0.3) is 0 Å². The number of aliphatic carboxylic acids is 1. The van der Waals surface area contributed by atoms with E-state index in [9.17, 15) is 22.4 Å². The molecule has 10 heteroatoms. The van der Waals surface area contributed by atoms with Crippen LogP contribution in [0.5, 0.6) is 5.75 Å². The SMILES string of the molecule is CCCCC(=O)NC1CC2(CCN(CCF)CC2)Oc2ccccc21.O=C(O)C(F)(F)F. The number of carboxylic acids is 1. The zero-order chi connectivity index (χ0) is 23.8. The second kappa shape index (κ2) is 11.5. The molecule has 0 saturated carbocycles. The number of hydrogen-bond donors (Lipinski definition) is 2. The first kappa shape index (κ1) is 25.9. The number of nitrogens with zero attached hydrogens (tertiary/aromatic N) is 1. The van der Waals surface area contributed by atoms with Crippen LogP contribution in [-0.2, 0) is 9.59 Å². The summed E-state index contributed by atoms with van der Waals surface area (Å²) < 4.78 is 50.7. The van der Waals surface area contributed by atoms with E-state index in [2.05, 4.69) is 17.1 Å². The molecule has 1 fully saturated rings. The second-order valence-electron chi connectivity index (χ2n) is 8.08. The van der Waals surface area contributed by atoms with Gasteiger partial charge in [0.1, 0.15) is 18.0 Å². The van der Waals surface area contributed by atoms with Crippen molar-refractivity contribution in [1.29, 1.82) is 0 Å². The summed E-state index contributed by atoms with van der Waals surface area (Å²) in [6, 6.07) is 8.02. The van der Waals surface area contributed by atoms with E-state index in [4.69, 9.17) is 14.6 Å². The number of piperidine rings is 1. The van der Waals surface area contributed by atoms with Gasteiger partial charge in [-0.2, -0.15) is 13.2 Å². The molecule has 1 unspecified atom stereocenters. The van der Waals surface area contributed by atoms with Crippen molar-refractivity contribution >= 4 is 11.9 Å². The van der Waals surface area contributed by atoms with Crippen molar-refractivity contribution in [2.75, 3.05) is 26.3 Å². The third kappa shape index (κ3) is 7.36. The summed E-state index contributed by atoms with van der Waals surface area (Å²) >= 11 is 0. The maximum absolute atomic E-state index is 12.6. The van der Waals surface area contributed by atoms with E-state index in [-0.39, 0.29) is 24.2 Å². The molecule has 2 heterocycles. The molecule has 1 aromatic carbocycles. The molecule has 1 spiro atoms. The molecule has 3 rings (SSSR count). The van der Waals surface area contributed by atoms with Gasteiger partial charge in [0.05, 0.1) is 6.04 Å². The number of benzene rings is 1. The number of amides is 1. The number of unbranched alkanes of at least 4 members (excludes halogenated alkanes) is 1. The van der Waals surface area contributed by atoms with Crippen LogP contribution in [0.3, 0.4) is 0 Å². The van der Waals surface area contributed by atoms with Crippen LogP contribution in [-0.4, -0.2) is 60.0 Å². The largest absolute Gasteiger partial charge is 0.490 e. The summed E-state index contributed by atoms with van der Waals surface area (Å²) in [5.41, 5.74) is 0.827. The number of para-hydroxylation sites is 1. The molecule has 0 aliphatic carbocycles. The van der Waals surface area contributed by atoms with E-state index in [1.54, 1.807) is 0 Å². The Balaban J connectivity index is 0.000000451. The predicted octanol–water partition coefficient (Wildman–Crippen LogP) is 4.25. The highest BCUT2D eigenvalue weighted by Gasteiger charge is 2.43. The van der Waals surface area contributed by atoms with Crippen molar-refractivity contribution in [3.05, 3.63) is 29.8 Å². The average Bonchev–Trinajstić information content (AvgIpc) is 2.74. The van der Waals surface area contributed by atoms with Gasteiger partial charge in [-0.15, -0.1) is 0 Å². The van der Waals surface area contributed by atoms with Crippen LogP contribution >= 0.6 is 0 Å². The monoisotopic (exact) mass is 462 g/mol. The molecule has 0 radical (unpaired) electrons. The van der Waals surface area contributed by atoms with Gasteiger partial charge in [0, 0.05) is 38.0 Å². The van der Waals surface area contributed by atoms with Crippen molar-refractivity contribution in [2.45, 2.75) is 63.3 Å². The number of fused-ring (bicyclic) bond motifs is 1. The lowest BCUT2D eigenvalue weighted by molar-refractivity contribution is -0.192. The van der Waals surface area contributed by atoms with E-state index in [0.717, 1.165) is 56.5 Å². The van der Waals surface area contributed by atoms with Crippen LogP contribution in [0, 0.1) is 0 Å². The number of carbonyl (C=O) groups excluding carboxylic acids is 1. The first-order chi connectivity index (χ1) is 15.1. The van der Waals surface area contributed by atoms with Crippen molar-refractivity contribution in [2.24, 2.45) is 0 Å². The molecule has 6 nitrogen and oxygen atoms in total. The number of likely N-dealkylation sites (tertiary alicyclic amines) is 1. The molecule has 0 aromatic heterocycles. The van der Waals surface area contributed by atoms with Crippen LogP contribution in [0.4, 0.5) is 17.6 Å². The molecule has 1 amide bonds. The Morgan fingerprint density at radius 1 is 1.25 bits per heavy atom. The van der Waals surface area contributed by atoms with Crippen LogP contribution in [0.1, 0.15) is 57.1 Å². The van der Waals surface area contributed by atoms with Gasteiger partial charge >= 0.3 is 12.1 Å². The highest BCUT2D eigenvalue weighted by molar-refractivity contribution is 5.76. The third-order valence-electron chi connectivity index (χ3n) is 5.70. The molecule has 2 N–H and O–H groups in total. The lowest BCUT2D eigenvalue weighted by Crippen LogP contribution is -2.52. The number of carbonyl (C=O) groups is 2. The van der Waals surface area contributed by atoms with Gasteiger partial charge in [-0.1, -0.05) is 31.5 Å². The van der Waals surface area contributed by atoms with Gasteiger partial charge in [-0.05, 0) is 25.3 Å². The minimum absolute atomic E-state index is 0.00188. The quantitative estimate of drug-likeness (QED) is 0.618. The van der Waals surface area contributed by atoms with Crippen LogP contribution in [0.2, 0.25) is 0 Å². The number of alkyl halides is 4. The summed E-state index contributed by atoms with van der Waals surface area (Å²) in [5, 5.41) is 10.4. The van der Waals surface area contributed by atoms with E-state index in [1.807, 2.05) is 24.3 Å². The fraction of sp³-hybridized carbons (Fsp3) is 0.636. The zero-order valence-electron chi connectivity index (χ0n) is 18.1. The highest BCUT2D eigenvalue weighted by Crippen LogP contribution is 2.44. The van der Waals surface area contributed by atoms with E-state index in [0.29, 0.717) is 13.0 Å². The number of carboxylic acid groups (broad SMARTS) is 1. The Kier molecular flexibility index (Phi) is 9.30. The van der Waals surface area contributed by atoms with Gasteiger partial charge in [-0.3, -0.25) is 4.79 Å². The zero-order valence-corrected chi connectivity index (χ0v) is 18.1. The summed E-state index contributed by atoms with van der Waals surface area (Å²) in [7, 11) is 0. The molecular weight excluding hydrogens is 432 g/mol. The smallest absolute Gasteiger partial charge is 0.487 e. The van der Waals surface area contributed by atoms with Crippen molar-refractivity contribution in [3.63, 3.8) is 0 Å². The van der Waals surface area contributed by atoms with Crippen LogP contribution in [0.15, 0.2) is 24.3 Å². The predicted molar refractivity (Wildman–Crippen MR) is 110 cm³/mol. The minimum atomic E-state index is -5.08. The lowest BCUT2D eigenvalue weighted by Gasteiger charge is -2.47. The summed E-state index contributed by atoms with van der Waals surface area (Å²) in [5.74, 6) is -1.76. The summed E-state index contributed by atoms with van der Waals surface area (Å²) in [6.45, 7) is 4.00. The topological polar surface area (TPSA) is 78.9 Å². The van der Waals surface area contributed by atoms with Crippen LogP contribution < -0.4 is 10.1 Å². The molecule has 32 heavy (non-hydrogen) atoms.